The summed E-state index contributed by atoms with van der Waals surface area (Å²) in [6.07, 6.45) is -5.16. The van der Waals surface area contributed by atoms with Gasteiger partial charge in [0.25, 0.3) is 0 Å². The zero-order chi connectivity index (χ0) is 15.3. The molecular formula is C11H9ClF3NO3S. The number of amides is 1. The van der Waals surface area contributed by atoms with Crippen LogP contribution in [0.4, 0.5) is 18.9 Å². The van der Waals surface area contributed by atoms with Crippen LogP contribution < -0.4 is 5.32 Å². The zero-order valence-corrected chi connectivity index (χ0v) is 11.4. The fourth-order valence-electron chi connectivity index (χ4n) is 1.16. The Bertz CT molecular complexity index is 522. The number of rotatable bonds is 5. The van der Waals surface area contributed by atoms with E-state index in [9.17, 15) is 22.8 Å². The van der Waals surface area contributed by atoms with Crippen molar-refractivity contribution >= 4 is 40.9 Å². The number of carboxylic acids is 1. The SMILES string of the molecule is O=C(O)CCSc1cc(Cl)ccc1NC(=O)C(F)(F)F. The van der Waals surface area contributed by atoms with Gasteiger partial charge in [-0.15, -0.1) is 11.8 Å². The van der Waals surface area contributed by atoms with Crippen molar-refractivity contribution in [3.63, 3.8) is 0 Å². The van der Waals surface area contributed by atoms with Crippen LogP contribution in [0.15, 0.2) is 23.1 Å². The number of carbonyl (C=O) groups excluding carboxylic acids is 1. The van der Waals surface area contributed by atoms with Gasteiger partial charge in [0.05, 0.1) is 12.1 Å². The number of thioether (sulfide) groups is 1. The lowest BCUT2D eigenvalue weighted by atomic mass is 10.3. The Kier molecular flexibility index (Phi) is 5.70. The number of carboxylic acid groups (broad SMARTS) is 1. The van der Waals surface area contributed by atoms with Crippen molar-refractivity contribution in [3.05, 3.63) is 23.2 Å². The lowest BCUT2D eigenvalue weighted by Gasteiger charge is -2.12. The molecule has 0 atom stereocenters. The van der Waals surface area contributed by atoms with Crippen LogP contribution in [0, 0.1) is 0 Å². The van der Waals surface area contributed by atoms with Crippen molar-refractivity contribution in [3.8, 4) is 0 Å². The maximum absolute atomic E-state index is 12.2. The van der Waals surface area contributed by atoms with Gasteiger partial charge in [0.1, 0.15) is 0 Å². The average Bonchev–Trinajstić information content (AvgIpc) is 2.30. The van der Waals surface area contributed by atoms with E-state index in [0.717, 1.165) is 11.8 Å². The molecule has 0 aliphatic heterocycles. The largest absolute Gasteiger partial charge is 0.481 e. The summed E-state index contributed by atoms with van der Waals surface area (Å²) in [6, 6.07) is 3.92. The Morgan fingerprint density at radius 3 is 2.55 bits per heavy atom. The molecule has 0 aliphatic carbocycles. The van der Waals surface area contributed by atoms with Crippen LogP contribution in [0.5, 0.6) is 0 Å². The summed E-state index contributed by atoms with van der Waals surface area (Å²) in [7, 11) is 0. The third kappa shape index (κ3) is 5.30. The molecule has 20 heavy (non-hydrogen) atoms. The van der Waals surface area contributed by atoms with Crippen LogP contribution in [0.3, 0.4) is 0 Å². The van der Waals surface area contributed by atoms with E-state index in [4.69, 9.17) is 16.7 Å². The summed E-state index contributed by atoms with van der Waals surface area (Å²) in [5.74, 6) is -2.98. The molecule has 0 aromatic heterocycles. The number of nitrogens with one attached hydrogen (secondary N) is 1. The molecule has 0 spiro atoms. The van der Waals surface area contributed by atoms with Crippen molar-refractivity contribution in [2.75, 3.05) is 11.1 Å². The normalized spacial score (nSPS) is 11.2. The Hall–Kier alpha value is -1.41. The van der Waals surface area contributed by atoms with E-state index >= 15 is 0 Å². The summed E-state index contributed by atoms with van der Waals surface area (Å²) in [5, 5.41) is 10.5. The van der Waals surface area contributed by atoms with Gasteiger partial charge < -0.3 is 10.4 Å². The number of alkyl halides is 3. The molecule has 2 N–H and O–H groups in total. The van der Waals surface area contributed by atoms with E-state index in [1.54, 1.807) is 5.32 Å². The first-order chi connectivity index (χ1) is 9.20. The standard InChI is InChI=1S/C11H9ClF3NO3S/c12-6-1-2-7(16-10(19)11(13,14)15)8(5-6)20-4-3-9(17)18/h1-2,5H,3-4H2,(H,16,19)(H,17,18). The van der Waals surface area contributed by atoms with Gasteiger partial charge in [-0.2, -0.15) is 13.2 Å². The van der Waals surface area contributed by atoms with Crippen molar-refractivity contribution < 1.29 is 27.9 Å². The minimum atomic E-state index is -5.00. The topological polar surface area (TPSA) is 66.4 Å². The average molecular weight is 328 g/mol. The molecule has 0 radical (unpaired) electrons. The summed E-state index contributed by atoms with van der Waals surface area (Å²) in [6.45, 7) is 0. The second-order valence-corrected chi connectivity index (χ2v) is 5.16. The Balaban J connectivity index is 2.84. The predicted octanol–water partition coefficient (Wildman–Crippen LogP) is 3.41. The van der Waals surface area contributed by atoms with Gasteiger partial charge in [-0.05, 0) is 18.2 Å². The van der Waals surface area contributed by atoms with E-state index in [1.165, 1.54) is 18.2 Å². The molecule has 0 saturated carbocycles. The van der Waals surface area contributed by atoms with Crippen LogP contribution in [-0.4, -0.2) is 28.9 Å². The molecule has 1 aromatic carbocycles. The molecule has 110 valence electrons. The third-order valence-corrected chi connectivity index (χ3v) is 3.31. The highest BCUT2D eigenvalue weighted by Crippen LogP contribution is 2.31. The third-order valence-electron chi connectivity index (χ3n) is 2.02. The number of halogens is 4. The van der Waals surface area contributed by atoms with Crippen LogP contribution in [-0.2, 0) is 9.59 Å². The molecule has 9 heteroatoms. The highest BCUT2D eigenvalue weighted by molar-refractivity contribution is 7.99. The summed E-state index contributed by atoms with van der Waals surface area (Å²) >= 11 is 6.71. The lowest BCUT2D eigenvalue weighted by molar-refractivity contribution is -0.167. The van der Waals surface area contributed by atoms with Crippen molar-refractivity contribution in [2.45, 2.75) is 17.5 Å². The molecular weight excluding hydrogens is 319 g/mol. The molecule has 0 saturated heterocycles. The molecule has 0 unspecified atom stereocenters. The van der Waals surface area contributed by atoms with Crippen molar-refractivity contribution in [1.82, 2.24) is 0 Å². The van der Waals surface area contributed by atoms with E-state index < -0.39 is 18.1 Å². The Morgan fingerprint density at radius 2 is 2.00 bits per heavy atom. The Labute approximate surface area is 121 Å². The van der Waals surface area contributed by atoms with E-state index in [-0.39, 0.29) is 27.8 Å². The fraction of sp³-hybridized carbons (Fsp3) is 0.273. The quantitative estimate of drug-likeness (QED) is 0.813. The van der Waals surface area contributed by atoms with Crippen molar-refractivity contribution in [1.29, 1.82) is 0 Å². The minimum Gasteiger partial charge on any atom is -0.481 e. The second kappa shape index (κ2) is 6.85. The number of hydrogen-bond donors (Lipinski definition) is 2. The molecule has 0 aliphatic rings. The fourth-order valence-corrected chi connectivity index (χ4v) is 2.38. The number of aliphatic carboxylic acids is 1. The van der Waals surface area contributed by atoms with Gasteiger partial charge in [-0.25, -0.2) is 0 Å². The second-order valence-electron chi connectivity index (χ2n) is 3.58. The minimum absolute atomic E-state index is 0.0629. The first-order valence-electron chi connectivity index (χ1n) is 5.22. The van der Waals surface area contributed by atoms with Gasteiger partial charge in [0.15, 0.2) is 0 Å². The van der Waals surface area contributed by atoms with Gasteiger partial charge in [-0.3, -0.25) is 9.59 Å². The van der Waals surface area contributed by atoms with Crippen LogP contribution in [0.1, 0.15) is 6.42 Å². The summed E-state index contributed by atoms with van der Waals surface area (Å²) in [5.41, 5.74) is -0.0629. The highest BCUT2D eigenvalue weighted by atomic mass is 35.5. The Morgan fingerprint density at radius 1 is 1.35 bits per heavy atom. The van der Waals surface area contributed by atoms with E-state index in [0.29, 0.717) is 0 Å². The molecule has 0 heterocycles. The molecule has 4 nitrogen and oxygen atoms in total. The maximum atomic E-state index is 12.2. The number of hydrogen-bond acceptors (Lipinski definition) is 3. The molecule has 1 amide bonds. The lowest BCUT2D eigenvalue weighted by Crippen LogP contribution is -2.30. The molecule has 1 aromatic rings. The first-order valence-corrected chi connectivity index (χ1v) is 6.59. The van der Waals surface area contributed by atoms with Crippen LogP contribution in [0.25, 0.3) is 0 Å². The number of carbonyl (C=O) groups is 2. The molecule has 0 bridgehead atoms. The van der Waals surface area contributed by atoms with Gasteiger partial charge >= 0.3 is 18.1 Å². The highest BCUT2D eigenvalue weighted by Gasteiger charge is 2.38. The molecule has 0 fully saturated rings. The zero-order valence-electron chi connectivity index (χ0n) is 9.83. The first kappa shape index (κ1) is 16.6. The number of anilines is 1. The monoisotopic (exact) mass is 327 g/mol. The van der Waals surface area contributed by atoms with Gasteiger partial charge in [-0.1, -0.05) is 11.6 Å². The van der Waals surface area contributed by atoms with Gasteiger partial charge in [0.2, 0.25) is 0 Å². The van der Waals surface area contributed by atoms with Crippen molar-refractivity contribution in [2.24, 2.45) is 0 Å². The van der Waals surface area contributed by atoms with Gasteiger partial charge in [0, 0.05) is 15.7 Å². The van der Waals surface area contributed by atoms with Crippen LogP contribution >= 0.6 is 23.4 Å². The summed E-state index contributed by atoms with van der Waals surface area (Å²) in [4.78, 5) is 21.5. The molecule has 1 rings (SSSR count). The smallest absolute Gasteiger partial charge is 0.471 e. The number of benzene rings is 1. The maximum Gasteiger partial charge on any atom is 0.471 e. The summed E-state index contributed by atoms with van der Waals surface area (Å²) < 4.78 is 36.5. The van der Waals surface area contributed by atoms with E-state index in [1.807, 2.05) is 0 Å². The predicted molar refractivity (Wildman–Crippen MR) is 69.1 cm³/mol. The van der Waals surface area contributed by atoms with Crippen LogP contribution in [0.2, 0.25) is 5.02 Å². The van der Waals surface area contributed by atoms with E-state index in [2.05, 4.69) is 0 Å².